The van der Waals surface area contributed by atoms with Gasteiger partial charge >= 0.3 is 12.0 Å². The van der Waals surface area contributed by atoms with E-state index in [0.717, 1.165) is 4.90 Å². The average molecular weight is 410 g/mol. The van der Waals surface area contributed by atoms with Crippen LogP contribution in [0.15, 0.2) is 29.2 Å². The molecule has 0 bridgehead atoms. The zero-order valence-electron chi connectivity index (χ0n) is 17.4. The minimum Gasteiger partial charge on any atom is -0.341 e. The van der Waals surface area contributed by atoms with E-state index in [1.807, 2.05) is 53.0 Å². The lowest BCUT2D eigenvalue weighted by atomic mass is 9.93. The molecule has 0 saturated carbocycles. The van der Waals surface area contributed by atoms with Gasteiger partial charge in [0.2, 0.25) is 0 Å². The Labute approximate surface area is 171 Å². The van der Waals surface area contributed by atoms with E-state index in [9.17, 15) is 14.4 Å². The van der Waals surface area contributed by atoms with Gasteiger partial charge in [0.05, 0.1) is 6.42 Å². The van der Waals surface area contributed by atoms with Crippen molar-refractivity contribution in [3.05, 3.63) is 24.3 Å². The molecule has 0 saturated heterocycles. The van der Waals surface area contributed by atoms with Gasteiger partial charge < -0.3 is 15.5 Å². The van der Waals surface area contributed by atoms with Crippen molar-refractivity contribution in [3.63, 3.8) is 0 Å². The molecule has 1 rings (SSSR count). The molecule has 28 heavy (non-hydrogen) atoms. The van der Waals surface area contributed by atoms with Crippen molar-refractivity contribution in [1.29, 1.82) is 0 Å². The third-order valence-electron chi connectivity index (χ3n) is 3.62. The van der Waals surface area contributed by atoms with Crippen molar-refractivity contribution in [1.82, 2.24) is 10.8 Å². The van der Waals surface area contributed by atoms with E-state index in [-0.39, 0.29) is 17.8 Å². The maximum absolute atomic E-state index is 12.4. The first-order valence-electron chi connectivity index (χ1n) is 9.21. The Morgan fingerprint density at radius 2 is 1.71 bits per heavy atom. The van der Waals surface area contributed by atoms with Gasteiger partial charge in [0.15, 0.2) is 0 Å². The zero-order chi connectivity index (χ0) is 21.3. The van der Waals surface area contributed by atoms with Crippen molar-refractivity contribution in [2.24, 2.45) is 11.3 Å². The van der Waals surface area contributed by atoms with E-state index >= 15 is 0 Å². The Balaban J connectivity index is 2.63. The summed E-state index contributed by atoms with van der Waals surface area (Å²) in [7, 11) is 0. The molecule has 3 N–H and O–H groups in total. The van der Waals surface area contributed by atoms with Crippen LogP contribution in [-0.2, 0) is 14.4 Å². The summed E-state index contributed by atoms with van der Waals surface area (Å²) in [5, 5.41) is 5.34. The smallest absolute Gasteiger partial charge is 0.332 e. The maximum atomic E-state index is 12.4. The second kappa shape index (κ2) is 10.9. The van der Waals surface area contributed by atoms with Crippen LogP contribution in [0.25, 0.3) is 0 Å². The molecule has 0 aliphatic carbocycles. The van der Waals surface area contributed by atoms with Crippen LogP contribution in [0.3, 0.4) is 0 Å². The number of urea groups is 1. The van der Waals surface area contributed by atoms with E-state index in [1.54, 1.807) is 23.9 Å². The number of amides is 3. The summed E-state index contributed by atoms with van der Waals surface area (Å²) in [5.41, 5.74) is 2.54. The van der Waals surface area contributed by atoms with Crippen LogP contribution in [0.4, 0.5) is 10.5 Å². The fraction of sp³-hybridized carbons (Fsp3) is 0.550. The van der Waals surface area contributed by atoms with Gasteiger partial charge in [0, 0.05) is 10.6 Å². The monoisotopic (exact) mass is 409 g/mol. The number of carbonyl (C=O) groups excluding carboxylic acids is 3. The van der Waals surface area contributed by atoms with Crippen LogP contribution in [0.2, 0.25) is 0 Å². The molecule has 0 spiro atoms. The quantitative estimate of drug-likeness (QED) is 0.468. The van der Waals surface area contributed by atoms with Gasteiger partial charge in [0.1, 0.15) is 6.04 Å². The Morgan fingerprint density at radius 1 is 1.11 bits per heavy atom. The molecule has 0 aromatic heterocycles. The first-order chi connectivity index (χ1) is 13.0. The van der Waals surface area contributed by atoms with E-state index in [1.165, 1.54) is 0 Å². The third kappa shape index (κ3) is 9.64. The van der Waals surface area contributed by atoms with E-state index in [2.05, 4.69) is 16.1 Å². The first kappa shape index (κ1) is 23.8. The van der Waals surface area contributed by atoms with Crippen molar-refractivity contribution >= 4 is 35.4 Å². The van der Waals surface area contributed by atoms with E-state index < -0.39 is 23.9 Å². The van der Waals surface area contributed by atoms with Crippen LogP contribution in [0.5, 0.6) is 0 Å². The van der Waals surface area contributed by atoms with E-state index in [0.29, 0.717) is 12.1 Å². The molecule has 0 fully saturated rings. The van der Waals surface area contributed by atoms with Crippen LogP contribution in [0.1, 0.15) is 47.5 Å². The molecule has 8 heteroatoms. The summed E-state index contributed by atoms with van der Waals surface area (Å²) in [6.45, 7) is 9.57. The molecule has 0 radical (unpaired) electrons. The topological polar surface area (TPSA) is 96.5 Å². The number of nitrogens with one attached hydrogen (secondary N) is 3. The first-order valence-corrected chi connectivity index (χ1v) is 10.4. The van der Waals surface area contributed by atoms with Gasteiger partial charge in [-0.3, -0.25) is 4.79 Å². The summed E-state index contributed by atoms with van der Waals surface area (Å²) in [5.74, 6) is -0.937. The molecule has 1 aromatic rings. The van der Waals surface area contributed by atoms with Gasteiger partial charge in [-0.25, -0.2) is 9.59 Å². The van der Waals surface area contributed by atoms with Gasteiger partial charge in [-0.15, -0.1) is 11.8 Å². The molecule has 3 amide bonds. The number of rotatable bonds is 7. The highest BCUT2D eigenvalue weighted by atomic mass is 32.2. The second-order valence-corrected chi connectivity index (χ2v) is 9.07. The largest absolute Gasteiger partial charge is 0.341 e. The highest BCUT2D eigenvalue weighted by Crippen LogP contribution is 2.19. The van der Waals surface area contributed by atoms with E-state index in [4.69, 9.17) is 4.84 Å². The number of anilines is 1. The lowest BCUT2D eigenvalue weighted by Crippen LogP contribution is -2.49. The Bertz CT molecular complexity index is 669. The molecule has 0 aliphatic heterocycles. The minimum atomic E-state index is -0.826. The van der Waals surface area contributed by atoms with Gasteiger partial charge in [-0.1, -0.05) is 34.6 Å². The van der Waals surface area contributed by atoms with Crippen molar-refractivity contribution in [3.8, 4) is 0 Å². The van der Waals surface area contributed by atoms with Crippen LogP contribution in [-0.4, -0.2) is 30.2 Å². The van der Waals surface area contributed by atoms with Crippen molar-refractivity contribution < 1.29 is 19.2 Å². The second-order valence-electron chi connectivity index (χ2n) is 8.19. The highest BCUT2D eigenvalue weighted by molar-refractivity contribution is 7.98. The molecule has 0 heterocycles. The Hall–Kier alpha value is -2.22. The average Bonchev–Trinajstić information content (AvgIpc) is 2.57. The summed E-state index contributed by atoms with van der Waals surface area (Å²) >= 11 is 1.61. The number of benzene rings is 1. The SMILES string of the molecule is CSc1ccc(NC(=O)N[C@@H](CC(C)C)C(=O)NOC(=O)CC(C)(C)C)cc1. The van der Waals surface area contributed by atoms with Crippen molar-refractivity contribution in [2.45, 2.75) is 58.4 Å². The number of thioether (sulfide) groups is 1. The van der Waals surface area contributed by atoms with Crippen molar-refractivity contribution in [2.75, 3.05) is 11.6 Å². The predicted molar refractivity (Wildman–Crippen MR) is 112 cm³/mol. The lowest BCUT2D eigenvalue weighted by Gasteiger charge is -2.21. The number of carbonyl (C=O) groups is 3. The van der Waals surface area contributed by atoms with Gasteiger partial charge in [-0.05, 0) is 48.3 Å². The minimum absolute atomic E-state index is 0.155. The number of hydroxylamine groups is 1. The fourth-order valence-electron chi connectivity index (χ4n) is 2.35. The standard InChI is InChI=1S/C20H31N3O4S/c1-13(2)11-16(18(25)23-27-17(24)12-20(3,4)5)22-19(26)21-14-7-9-15(28-6)10-8-14/h7-10,13,16H,11-12H2,1-6H3,(H,23,25)(H2,21,22,26)/t16-/m0/s1. The number of hydrogen-bond donors (Lipinski definition) is 3. The Morgan fingerprint density at radius 3 is 2.21 bits per heavy atom. The molecular formula is C20H31N3O4S. The summed E-state index contributed by atoms with van der Waals surface area (Å²) < 4.78 is 0. The highest BCUT2D eigenvalue weighted by Gasteiger charge is 2.24. The third-order valence-corrected chi connectivity index (χ3v) is 4.36. The molecule has 156 valence electrons. The molecule has 0 aliphatic rings. The predicted octanol–water partition coefficient (Wildman–Crippen LogP) is 3.96. The summed E-state index contributed by atoms with van der Waals surface area (Å²) in [6, 6.07) is 6.04. The molecule has 0 unspecified atom stereocenters. The molecular weight excluding hydrogens is 378 g/mol. The molecule has 1 atom stereocenters. The van der Waals surface area contributed by atoms with Crippen LogP contribution in [0, 0.1) is 11.3 Å². The Kier molecular flexibility index (Phi) is 9.31. The molecule has 7 nitrogen and oxygen atoms in total. The maximum Gasteiger partial charge on any atom is 0.332 e. The summed E-state index contributed by atoms with van der Waals surface area (Å²) in [6.07, 6.45) is 2.54. The molecule has 1 aromatic carbocycles. The zero-order valence-corrected chi connectivity index (χ0v) is 18.2. The van der Waals surface area contributed by atoms with Crippen LogP contribution >= 0.6 is 11.8 Å². The lowest BCUT2D eigenvalue weighted by molar-refractivity contribution is -0.160. The van der Waals surface area contributed by atoms with Gasteiger partial charge in [-0.2, -0.15) is 5.48 Å². The fourth-order valence-corrected chi connectivity index (χ4v) is 2.76. The summed E-state index contributed by atoms with van der Waals surface area (Å²) in [4.78, 5) is 42.4. The number of hydrogen-bond acceptors (Lipinski definition) is 5. The normalized spacial score (nSPS) is 12.2. The van der Waals surface area contributed by atoms with Crippen LogP contribution < -0.4 is 16.1 Å². The van der Waals surface area contributed by atoms with Gasteiger partial charge in [0.25, 0.3) is 5.91 Å².